The minimum atomic E-state index is -0.328. The third kappa shape index (κ3) is 3.12. The SMILES string of the molecule is O=C1C[C@H](c2ccccc2)CC2=C1[C@@H](c1ccc(-c3ccccc3)cc1)n1nnnc1N2. The Kier molecular flexibility index (Phi) is 4.42. The number of nitrogens with one attached hydrogen (secondary N) is 1. The fourth-order valence-electron chi connectivity index (χ4n) is 4.83. The minimum absolute atomic E-state index is 0.144. The van der Waals surface area contributed by atoms with Gasteiger partial charge < -0.3 is 5.32 Å². The Balaban J connectivity index is 1.40. The predicted molar refractivity (Wildman–Crippen MR) is 122 cm³/mol. The Morgan fingerprint density at radius 2 is 1.47 bits per heavy atom. The van der Waals surface area contributed by atoms with Gasteiger partial charge in [0.2, 0.25) is 5.95 Å². The second-order valence-electron chi connectivity index (χ2n) is 8.29. The molecule has 1 N–H and O–H groups in total. The maximum atomic E-state index is 13.4. The monoisotopic (exact) mass is 419 g/mol. The molecule has 0 bridgehead atoms. The largest absolute Gasteiger partial charge is 0.326 e. The maximum absolute atomic E-state index is 13.4. The molecule has 0 saturated carbocycles. The molecule has 1 aromatic heterocycles. The average Bonchev–Trinajstić information content (AvgIpc) is 3.32. The first-order chi connectivity index (χ1) is 15.8. The average molecular weight is 419 g/mol. The van der Waals surface area contributed by atoms with Crippen molar-refractivity contribution >= 4 is 11.7 Å². The summed E-state index contributed by atoms with van der Waals surface area (Å²) >= 11 is 0. The number of rotatable bonds is 3. The van der Waals surface area contributed by atoms with E-state index in [0.29, 0.717) is 12.4 Å². The van der Waals surface area contributed by atoms with E-state index in [1.54, 1.807) is 4.68 Å². The first-order valence-corrected chi connectivity index (χ1v) is 10.8. The van der Waals surface area contributed by atoms with Crippen molar-refractivity contribution in [2.45, 2.75) is 24.8 Å². The van der Waals surface area contributed by atoms with E-state index in [2.05, 4.69) is 69.4 Å². The molecule has 3 aromatic carbocycles. The first kappa shape index (κ1) is 18.7. The fraction of sp³-hybridized carbons (Fsp3) is 0.154. The molecular formula is C26H21N5O. The summed E-state index contributed by atoms with van der Waals surface area (Å²) in [6, 6.07) is 28.5. The van der Waals surface area contributed by atoms with Crippen LogP contribution in [0.1, 0.15) is 35.9 Å². The zero-order valence-electron chi connectivity index (χ0n) is 17.3. The van der Waals surface area contributed by atoms with E-state index in [4.69, 9.17) is 0 Å². The summed E-state index contributed by atoms with van der Waals surface area (Å²) in [5.41, 5.74) is 6.17. The molecule has 0 saturated heterocycles. The van der Waals surface area contributed by atoms with E-state index < -0.39 is 0 Å². The van der Waals surface area contributed by atoms with Crippen molar-refractivity contribution in [1.29, 1.82) is 0 Å². The predicted octanol–water partition coefficient (Wildman–Crippen LogP) is 4.76. The number of aromatic nitrogens is 4. The van der Waals surface area contributed by atoms with Crippen LogP contribution in [0.2, 0.25) is 0 Å². The van der Waals surface area contributed by atoms with Gasteiger partial charge in [-0.05, 0) is 45.0 Å². The van der Waals surface area contributed by atoms with Crippen LogP contribution in [0, 0.1) is 0 Å². The van der Waals surface area contributed by atoms with Gasteiger partial charge in [-0.15, -0.1) is 0 Å². The lowest BCUT2D eigenvalue weighted by Gasteiger charge is -2.34. The van der Waals surface area contributed by atoms with Crippen LogP contribution in [-0.2, 0) is 4.79 Å². The van der Waals surface area contributed by atoms with Gasteiger partial charge in [-0.2, -0.15) is 4.68 Å². The van der Waals surface area contributed by atoms with E-state index >= 15 is 0 Å². The Morgan fingerprint density at radius 1 is 0.781 bits per heavy atom. The molecule has 2 aliphatic rings. The third-order valence-electron chi connectivity index (χ3n) is 6.39. The molecule has 4 aromatic rings. The summed E-state index contributed by atoms with van der Waals surface area (Å²) in [7, 11) is 0. The molecule has 0 unspecified atom stereocenters. The standard InChI is InChI=1S/C26H21N5O/c32-23-16-21(18-9-5-2-6-10-18)15-22-24(23)25(31-26(27-22)28-29-30-31)20-13-11-19(12-14-20)17-7-3-1-4-8-17/h1-14,21,25H,15-16H2,(H,27,28,30)/t21-,25-/m1/s1. The lowest BCUT2D eigenvalue weighted by atomic mass is 9.78. The lowest BCUT2D eigenvalue weighted by Crippen LogP contribution is -2.33. The highest BCUT2D eigenvalue weighted by atomic mass is 16.1. The Labute approximate surface area is 185 Å². The van der Waals surface area contributed by atoms with Gasteiger partial charge in [0.1, 0.15) is 6.04 Å². The summed E-state index contributed by atoms with van der Waals surface area (Å²) < 4.78 is 1.72. The number of tetrazole rings is 1. The highest BCUT2D eigenvalue weighted by molar-refractivity contribution is 6.00. The number of Topliss-reactive ketones (excluding diaryl/α,β-unsaturated/α-hetero) is 1. The van der Waals surface area contributed by atoms with Crippen LogP contribution in [0.15, 0.2) is 96.2 Å². The van der Waals surface area contributed by atoms with Crippen LogP contribution < -0.4 is 5.32 Å². The number of fused-ring (bicyclic) bond motifs is 1. The summed E-state index contributed by atoms with van der Waals surface area (Å²) in [5.74, 6) is 0.867. The van der Waals surface area contributed by atoms with Gasteiger partial charge in [0.05, 0.1) is 0 Å². The molecule has 2 atom stereocenters. The number of anilines is 1. The number of hydrogen-bond acceptors (Lipinski definition) is 5. The van der Waals surface area contributed by atoms with Crippen molar-refractivity contribution < 1.29 is 4.79 Å². The summed E-state index contributed by atoms with van der Waals surface area (Å²) in [5, 5.41) is 15.6. The molecule has 6 nitrogen and oxygen atoms in total. The van der Waals surface area contributed by atoms with Crippen molar-refractivity contribution in [3.05, 3.63) is 107 Å². The molecule has 6 heteroatoms. The lowest BCUT2D eigenvalue weighted by molar-refractivity contribution is -0.116. The maximum Gasteiger partial charge on any atom is 0.248 e. The number of nitrogens with zero attached hydrogens (tertiary/aromatic N) is 4. The minimum Gasteiger partial charge on any atom is -0.326 e. The van der Waals surface area contributed by atoms with Crippen LogP contribution in [0.4, 0.5) is 5.95 Å². The van der Waals surface area contributed by atoms with E-state index in [1.165, 1.54) is 5.56 Å². The molecule has 0 radical (unpaired) electrons. The number of benzene rings is 3. The highest BCUT2D eigenvalue weighted by Gasteiger charge is 2.39. The van der Waals surface area contributed by atoms with E-state index in [1.807, 2.05) is 36.4 Å². The van der Waals surface area contributed by atoms with Gasteiger partial charge in [-0.1, -0.05) is 90.0 Å². The molecule has 1 aliphatic carbocycles. The number of ketones is 1. The Bertz CT molecular complexity index is 1310. The van der Waals surface area contributed by atoms with Crippen LogP contribution >= 0.6 is 0 Å². The van der Waals surface area contributed by atoms with E-state index in [9.17, 15) is 4.79 Å². The van der Waals surface area contributed by atoms with Gasteiger partial charge >= 0.3 is 0 Å². The van der Waals surface area contributed by atoms with Gasteiger partial charge in [0.15, 0.2) is 5.78 Å². The van der Waals surface area contributed by atoms with Crippen LogP contribution in [0.3, 0.4) is 0 Å². The number of hydrogen-bond donors (Lipinski definition) is 1. The van der Waals surface area contributed by atoms with E-state index in [0.717, 1.165) is 34.4 Å². The van der Waals surface area contributed by atoms with Crippen molar-refractivity contribution in [1.82, 2.24) is 20.2 Å². The van der Waals surface area contributed by atoms with Gasteiger partial charge in [-0.25, -0.2) is 0 Å². The summed E-state index contributed by atoms with van der Waals surface area (Å²) in [6.45, 7) is 0. The summed E-state index contributed by atoms with van der Waals surface area (Å²) in [6.07, 6.45) is 1.25. The molecule has 156 valence electrons. The van der Waals surface area contributed by atoms with Crippen molar-refractivity contribution in [3.63, 3.8) is 0 Å². The van der Waals surface area contributed by atoms with Gasteiger partial charge in [-0.3, -0.25) is 4.79 Å². The number of carbonyl (C=O) groups excluding carboxylic acids is 1. The van der Waals surface area contributed by atoms with Crippen molar-refractivity contribution in [2.24, 2.45) is 0 Å². The Morgan fingerprint density at radius 3 is 2.22 bits per heavy atom. The van der Waals surface area contributed by atoms with Gasteiger partial charge in [0, 0.05) is 17.7 Å². The zero-order valence-corrected chi connectivity index (χ0v) is 17.3. The van der Waals surface area contributed by atoms with Crippen LogP contribution in [-0.4, -0.2) is 26.0 Å². The highest BCUT2D eigenvalue weighted by Crippen LogP contribution is 2.43. The van der Waals surface area contributed by atoms with Crippen molar-refractivity contribution in [3.8, 4) is 11.1 Å². The second-order valence-corrected chi connectivity index (χ2v) is 8.29. The molecule has 1 aliphatic heterocycles. The zero-order chi connectivity index (χ0) is 21.5. The fourth-order valence-corrected chi connectivity index (χ4v) is 4.83. The number of carbonyl (C=O) groups is 1. The third-order valence-corrected chi connectivity index (χ3v) is 6.39. The Hall–Kier alpha value is -4.06. The number of allylic oxidation sites excluding steroid dienone is 2. The molecule has 2 heterocycles. The molecule has 6 rings (SSSR count). The van der Waals surface area contributed by atoms with E-state index in [-0.39, 0.29) is 17.7 Å². The van der Waals surface area contributed by atoms with Crippen molar-refractivity contribution in [2.75, 3.05) is 5.32 Å². The second kappa shape index (κ2) is 7.57. The molecule has 32 heavy (non-hydrogen) atoms. The summed E-state index contributed by atoms with van der Waals surface area (Å²) in [4.78, 5) is 13.4. The molecule has 0 amide bonds. The van der Waals surface area contributed by atoms with Crippen LogP contribution in [0.25, 0.3) is 11.1 Å². The normalized spacial score (nSPS) is 19.8. The quantitative estimate of drug-likeness (QED) is 0.519. The molecule has 0 fully saturated rings. The van der Waals surface area contributed by atoms with Gasteiger partial charge in [0.25, 0.3) is 0 Å². The van der Waals surface area contributed by atoms with Crippen LogP contribution in [0.5, 0.6) is 0 Å². The topological polar surface area (TPSA) is 72.7 Å². The molecule has 0 spiro atoms. The smallest absolute Gasteiger partial charge is 0.248 e. The molecular weight excluding hydrogens is 398 g/mol. The first-order valence-electron chi connectivity index (χ1n) is 10.8.